The second-order valence-corrected chi connectivity index (χ2v) is 6.63. The van der Waals surface area contributed by atoms with Gasteiger partial charge in [-0.1, -0.05) is 27.5 Å². The number of hydrogen-bond donors (Lipinski definition) is 1. The Morgan fingerprint density at radius 3 is 2.67 bits per heavy atom. The third-order valence-electron chi connectivity index (χ3n) is 2.26. The molecule has 0 fully saturated rings. The van der Waals surface area contributed by atoms with Gasteiger partial charge in [-0.2, -0.15) is 0 Å². The molecule has 2 aromatic rings. The molecule has 0 aliphatic carbocycles. The van der Waals surface area contributed by atoms with E-state index in [-0.39, 0.29) is 11.1 Å². The molecule has 0 radical (unpaired) electrons. The maximum absolute atomic E-state index is 12.2. The second-order valence-electron chi connectivity index (χ2n) is 3.68. The summed E-state index contributed by atoms with van der Waals surface area (Å²) in [6.45, 7) is 0. The van der Waals surface area contributed by atoms with Crippen LogP contribution in [-0.2, 0) is 10.0 Å². The molecule has 2 rings (SSSR count). The number of sulfonamides is 1. The van der Waals surface area contributed by atoms with Crippen molar-refractivity contribution in [1.29, 1.82) is 0 Å². The molecule has 0 aliphatic heterocycles. The fourth-order valence-corrected chi connectivity index (χ4v) is 3.21. The molecule has 0 amide bonds. The minimum Gasteiger partial charge on any atom is -0.258 e. The van der Waals surface area contributed by atoms with E-state index < -0.39 is 25.5 Å². The van der Waals surface area contributed by atoms with E-state index >= 15 is 0 Å². The first kappa shape index (κ1) is 15.6. The van der Waals surface area contributed by atoms with Gasteiger partial charge in [0, 0.05) is 16.7 Å². The summed E-state index contributed by atoms with van der Waals surface area (Å²) in [5, 5.41) is 11.0. The SMILES string of the molecule is O=[N+]([O-])c1ccc(Br)cc1S(=O)(=O)Nc1nccc(Cl)n1. The molecule has 1 heterocycles. The third-order valence-corrected chi connectivity index (χ3v) is 4.32. The fourth-order valence-electron chi connectivity index (χ4n) is 1.42. The topological polar surface area (TPSA) is 115 Å². The van der Waals surface area contributed by atoms with Crippen LogP contribution in [0.4, 0.5) is 11.6 Å². The number of benzene rings is 1. The zero-order chi connectivity index (χ0) is 15.6. The molecule has 0 spiro atoms. The number of aromatic nitrogens is 2. The summed E-state index contributed by atoms with van der Waals surface area (Å²) in [4.78, 5) is 17.0. The molecule has 0 unspecified atom stereocenters. The Balaban J connectivity index is 2.49. The summed E-state index contributed by atoms with van der Waals surface area (Å²) in [6, 6.07) is 4.93. The molecule has 0 bridgehead atoms. The summed E-state index contributed by atoms with van der Waals surface area (Å²) in [7, 11) is -4.23. The van der Waals surface area contributed by atoms with Crippen LogP contribution < -0.4 is 4.72 Å². The quantitative estimate of drug-likeness (QED) is 0.485. The Morgan fingerprint density at radius 2 is 2.05 bits per heavy atom. The molecular formula is C10H6BrClN4O4S. The van der Waals surface area contributed by atoms with Crippen molar-refractivity contribution in [2.45, 2.75) is 4.90 Å². The van der Waals surface area contributed by atoms with Crippen LogP contribution in [0.3, 0.4) is 0 Å². The van der Waals surface area contributed by atoms with Crippen molar-refractivity contribution < 1.29 is 13.3 Å². The van der Waals surface area contributed by atoms with Crippen LogP contribution in [0.15, 0.2) is 39.8 Å². The number of nitro benzene ring substituents is 1. The van der Waals surface area contributed by atoms with Crippen molar-refractivity contribution in [3.05, 3.63) is 50.2 Å². The average molecular weight is 394 g/mol. The van der Waals surface area contributed by atoms with Gasteiger partial charge < -0.3 is 0 Å². The fraction of sp³-hybridized carbons (Fsp3) is 0. The van der Waals surface area contributed by atoms with Gasteiger partial charge in [0.15, 0.2) is 4.90 Å². The molecule has 0 saturated carbocycles. The average Bonchev–Trinajstić information content (AvgIpc) is 2.37. The summed E-state index contributed by atoms with van der Waals surface area (Å²) in [5.41, 5.74) is -0.562. The Bertz CT molecular complexity index is 814. The zero-order valence-electron chi connectivity index (χ0n) is 10.0. The highest BCUT2D eigenvalue weighted by molar-refractivity contribution is 9.10. The van der Waals surface area contributed by atoms with Gasteiger partial charge in [-0.3, -0.25) is 10.1 Å². The summed E-state index contributed by atoms with van der Waals surface area (Å²) in [6.07, 6.45) is 1.25. The molecule has 0 aliphatic rings. The van der Waals surface area contributed by atoms with Gasteiger partial charge >= 0.3 is 0 Å². The van der Waals surface area contributed by atoms with Gasteiger partial charge in [-0.15, -0.1) is 0 Å². The number of anilines is 1. The van der Waals surface area contributed by atoms with Gasteiger partial charge in [0.2, 0.25) is 5.95 Å². The first-order valence-electron chi connectivity index (χ1n) is 5.25. The van der Waals surface area contributed by atoms with Crippen LogP contribution >= 0.6 is 27.5 Å². The highest BCUT2D eigenvalue weighted by Crippen LogP contribution is 2.28. The van der Waals surface area contributed by atoms with Crippen LogP contribution in [0.25, 0.3) is 0 Å². The van der Waals surface area contributed by atoms with Crippen molar-refractivity contribution >= 4 is 49.2 Å². The monoisotopic (exact) mass is 392 g/mol. The lowest BCUT2D eigenvalue weighted by molar-refractivity contribution is -0.387. The van der Waals surface area contributed by atoms with E-state index in [9.17, 15) is 18.5 Å². The molecule has 1 aromatic heterocycles. The normalized spacial score (nSPS) is 11.1. The van der Waals surface area contributed by atoms with Crippen molar-refractivity contribution in [2.24, 2.45) is 0 Å². The lowest BCUT2D eigenvalue weighted by Gasteiger charge is -2.07. The summed E-state index contributed by atoms with van der Waals surface area (Å²) >= 11 is 8.69. The Kier molecular flexibility index (Phi) is 4.40. The van der Waals surface area contributed by atoms with E-state index in [1.807, 2.05) is 4.72 Å². The molecule has 0 saturated heterocycles. The first-order chi connectivity index (χ1) is 9.79. The van der Waals surface area contributed by atoms with Crippen molar-refractivity contribution in [3.8, 4) is 0 Å². The van der Waals surface area contributed by atoms with Crippen LogP contribution in [0.2, 0.25) is 5.15 Å². The van der Waals surface area contributed by atoms with Crippen molar-refractivity contribution in [2.75, 3.05) is 4.72 Å². The van der Waals surface area contributed by atoms with Gasteiger partial charge in [0.1, 0.15) is 5.15 Å². The molecule has 8 nitrogen and oxygen atoms in total. The minimum absolute atomic E-state index is 0.0337. The molecule has 21 heavy (non-hydrogen) atoms. The maximum Gasteiger partial charge on any atom is 0.289 e. The number of nitro groups is 1. The predicted octanol–water partition coefficient (Wildman–Crippen LogP) is 2.60. The van der Waals surface area contributed by atoms with Crippen LogP contribution in [-0.4, -0.2) is 23.3 Å². The molecule has 110 valence electrons. The van der Waals surface area contributed by atoms with Gasteiger partial charge in [-0.05, 0) is 18.2 Å². The van der Waals surface area contributed by atoms with E-state index in [1.54, 1.807) is 0 Å². The molecule has 1 N–H and O–H groups in total. The summed E-state index contributed by atoms with van der Waals surface area (Å²) < 4.78 is 26.9. The van der Waals surface area contributed by atoms with Gasteiger partial charge in [0.05, 0.1) is 4.92 Å². The number of rotatable bonds is 4. The molecule has 1 aromatic carbocycles. The predicted molar refractivity (Wildman–Crippen MR) is 78.6 cm³/mol. The Hall–Kier alpha value is -1.78. The standard InChI is InChI=1S/C10H6BrClN4O4S/c11-6-1-2-7(16(17)18)8(5-6)21(19,20)15-10-13-4-3-9(12)14-10/h1-5H,(H,13,14,15). The number of halogens is 2. The van der Waals surface area contributed by atoms with Gasteiger partial charge in [-0.25, -0.2) is 23.1 Å². The van der Waals surface area contributed by atoms with Crippen LogP contribution in [0.1, 0.15) is 0 Å². The van der Waals surface area contributed by atoms with E-state index in [4.69, 9.17) is 11.6 Å². The third kappa shape index (κ3) is 3.65. The van der Waals surface area contributed by atoms with Crippen LogP contribution in [0, 0.1) is 10.1 Å². The van der Waals surface area contributed by atoms with Gasteiger partial charge in [0.25, 0.3) is 15.7 Å². The van der Waals surface area contributed by atoms with E-state index in [0.29, 0.717) is 4.47 Å². The molecule has 11 heteroatoms. The smallest absolute Gasteiger partial charge is 0.258 e. The van der Waals surface area contributed by atoms with Crippen molar-refractivity contribution in [3.63, 3.8) is 0 Å². The highest BCUT2D eigenvalue weighted by Gasteiger charge is 2.26. The lowest BCUT2D eigenvalue weighted by Crippen LogP contribution is -2.16. The minimum atomic E-state index is -4.23. The number of hydrogen-bond acceptors (Lipinski definition) is 6. The van der Waals surface area contributed by atoms with E-state index in [2.05, 4.69) is 25.9 Å². The molecular weight excluding hydrogens is 388 g/mol. The molecule has 0 atom stereocenters. The second kappa shape index (κ2) is 5.92. The Labute approximate surface area is 132 Å². The largest absolute Gasteiger partial charge is 0.289 e. The van der Waals surface area contributed by atoms with Crippen LogP contribution in [0.5, 0.6) is 0 Å². The van der Waals surface area contributed by atoms with E-state index in [0.717, 1.165) is 12.1 Å². The zero-order valence-corrected chi connectivity index (χ0v) is 13.2. The first-order valence-corrected chi connectivity index (χ1v) is 7.90. The maximum atomic E-state index is 12.2. The summed E-state index contributed by atoms with van der Waals surface area (Å²) in [5.74, 6) is -0.281. The van der Waals surface area contributed by atoms with Crippen molar-refractivity contribution in [1.82, 2.24) is 9.97 Å². The highest BCUT2D eigenvalue weighted by atomic mass is 79.9. The van der Waals surface area contributed by atoms with E-state index in [1.165, 1.54) is 18.3 Å². The number of nitrogens with zero attached hydrogens (tertiary/aromatic N) is 3. The Morgan fingerprint density at radius 1 is 1.33 bits per heavy atom. The number of nitrogens with one attached hydrogen (secondary N) is 1. The lowest BCUT2D eigenvalue weighted by atomic mass is 10.3.